The van der Waals surface area contributed by atoms with E-state index >= 15 is 0 Å². The molecule has 2 aromatic carbocycles. The van der Waals surface area contributed by atoms with Gasteiger partial charge >= 0.3 is 0 Å². The SMILES string of the molecule is CCCSc1nnc(NC(=O)c2ccc([C@@H]3SCC(=O)N3Cc3ccccc3)cc2)s1. The lowest BCUT2D eigenvalue weighted by molar-refractivity contribution is -0.128. The minimum absolute atomic E-state index is 0.0499. The van der Waals surface area contributed by atoms with Gasteiger partial charge in [0.15, 0.2) is 4.34 Å². The van der Waals surface area contributed by atoms with Crippen molar-refractivity contribution >= 4 is 51.8 Å². The summed E-state index contributed by atoms with van der Waals surface area (Å²) >= 11 is 4.64. The minimum atomic E-state index is -0.217. The number of carbonyl (C=O) groups is 2. The Morgan fingerprint density at radius 2 is 1.94 bits per heavy atom. The predicted octanol–water partition coefficient (Wildman–Crippen LogP) is 5.07. The fourth-order valence-corrected chi connectivity index (χ4v) is 6.02. The standard InChI is InChI=1S/C22H22N4O2S3/c1-2-12-29-22-25-24-21(31-22)23-19(28)16-8-10-17(11-9-16)20-26(18(27)14-30-20)13-15-6-4-3-5-7-15/h3-11,20H,2,12-14H2,1H3,(H,23,24,28)/t20-/m0/s1. The van der Waals surface area contributed by atoms with Crippen molar-refractivity contribution in [2.75, 3.05) is 16.8 Å². The first-order valence-electron chi connectivity index (χ1n) is 9.96. The van der Waals surface area contributed by atoms with E-state index in [-0.39, 0.29) is 17.2 Å². The summed E-state index contributed by atoms with van der Waals surface area (Å²) in [6, 6.07) is 17.4. The Labute approximate surface area is 193 Å². The zero-order valence-corrected chi connectivity index (χ0v) is 19.4. The van der Waals surface area contributed by atoms with Crippen LogP contribution in [0.4, 0.5) is 5.13 Å². The monoisotopic (exact) mass is 470 g/mol. The molecule has 0 spiro atoms. The van der Waals surface area contributed by atoms with Crippen molar-refractivity contribution in [3.63, 3.8) is 0 Å². The zero-order chi connectivity index (χ0) is 21.6. The molecule has 0 aliphatic carbocycles. The first-order valence-corrected chi connectivity index (χ1v) is 12.8. The lowest BCUT2D eigenvalue weighted by atomic mass is 10.1. The third kappa shape index (κ3) is 5.47. The minimum Gasteiger partial charge on any atom is -0.322 e. The molecule has 6 nitrogen and oxygen atoms in total. The van der Waals surface area contributed by atoms with Gasteiger partial charge in [-0.1, -0.05) is 72.5 Å². The van der Waals surface area contributed by atoms with Gasteiger partial charge in [0.2, 0.25) is 11.0 Å². The van der Waals surface area contributed by atoms with Gasteiger partial charge in [-0.25, -0.2) is 0 Å². The van der Waals surface area contributed by atoms with Gasteiger partial charge in [-0.3, -0.25) is 14.9 Å². The first kappa shape index (κ1) is 21.9. The number of nitrogens with one attached hydrogen (secondary N) is 1. The van der Waals surface area contributed by atoms with Crippen molar-refractivity contribution in [1.29, 1.82) is 0 Å². The van der Waals surface area contributed by atoms with E-state index in [0.717, 1.165) is 27.6 Å². The number of amides is 2. The Morgan fingerprint density at radius 1 is 1.16 bits per heavy atom. The van der Waals surface area contributed by atoms with Gasteiger partial charge in [-0.2, -0.15) is 0 Å². The van der Waals surface area contributed by atoms with Crippen molar-refractivity contribution in [1.82, 2.24) is 15.1 Å². The topological polar surface area (TPSA) is 75.2 Å². The Kier molecular flexibility index (Phi) is 7.26. The lowest BCUT2D eigenvalue weighted by Gasteiger charge is -2.24. The number of benzene rings is 2. The second-order valence-corrected chi connectivity index (χ2v) is 10.4. The molecule has 1 saturated heterocycles. The van der Waals surface area contributed by atoms with E-state index in [1.807, 2.05) is 47.4 Å². The van der Waals surface area contributed by atoms with E-state index in [1.54, 1.807) is 35.7 Å². The van der Waals surface area contributed by atoms with Crippen molar-refractivity contribution in [3.8, 4) is 0 Å². The van der Waals surface area contributed by atoms with Crippen molar-refractivity contribution in [3.05, 3.63) is 71.3 Å². The Balaban J connectivity index is 1.41. The lowest BCUT2D eigenvalue weighted by Crippen LogP contribution is -2.27. The van der Waals surface area contributed by atoms with Crippen LogP contribution >= 0.6 is 34.9 Å². The third-order valence-electron chi connectivity index (χ3n) is 4.68. The van der Waals surface area contributed by atoms with Crippen LogP contribution in [0, 0.1) is 0 Å². The molecule has 2 heterocycles. The highest BCUT2D eigenvalue weighted by molar-refractivity contribution is 8.01. The Morgan fingerprint density at radius 3 is 2.68 bits per heavy atom. The highest BCUT2D eigenvalue weighted by atomic mass is 32.2. The molecule has 31 heavy (non-hydrogen) atoms. The fraction of sp³-hybridized carbons (Fsp3) is 0.273. The van der Waals surface area contributed by atoms with Crippen molar-refractivity contribution in [2.24, 2.45) is 0 Å². The van der Waals surface area contributed by atoms with Gasteiger partial charge in [0.25, 0.3) is 5.91 Å². The number of hydrogen-bond donors (Lipinski definition) is 1. The van der Waals surface area contributed by atoms with Crippen LogP contribution in [-0.2, 0) is 11.3 Å². The van der Waals surface area contributed by atoms with Crippen LogP contribution < -0.4 is 5.32 Å². The maximum Gasteiger partial charge on any atom is 0.257 e. The summed E-state index contributed by atoms with van der Waals surface area (Å²) in [5, 5.41) is 11.4. The maximum absolute atomic E-state index is 12.6. The molecule has 0 bridgehead atoms. The van der Waals surface area contributed by atoms with E-state index in [2.05, 4.69) is 22.4 Å². The number of aromatic nitrogens is 2. The molecule has 4 rings (SSSR count). The average Bonchev–Trinajstić information content (AvgIpc) is 3.39. The number of thioether (sulfide) groups is 2. The van der Waals surface area contributed by atoms with Crippen molar-refractivity contribution in [2.45, 2.75) is 29.6 Å². The van der Waals surface area contributed by atoms with Crippen LogP contribution in [0.2, 0.25) is 0 Å². The molecular weight excluding hydrogens is 448 g/mol. The number of carbonyl (C=O) groups excluding carboxylic acids is 2. The molecular formula is C22H22N4O2S3. The summed E-state index contributed by atoms with van der Waals surface area (Å²) in [7, 11) is 0. The number of anilines is 1. The number of nitrogens with zero attached hydrogens (tertiary/aromatic N) is 3. The Bertz CT molecular complexity index is 1040. The van der Waals surface area contributed by atoms with E-state index in [1.165, 1.54) is 11.3 Å². The first-order chi connectivity index (χ1) is 15.1. The molecule has 1 aliphatic heterocycles. The quantitative estimate of drug-likeness (QED) is 0.366. The molecule has 1 N–H and O–H groups in total. The summed E-state index contributed by atoms with van der Waals surface area (Å²) in [6.45, 7) is 2.69. The van der Waals surface area contributed by atoms with Gasteiger partial charge in [-0.05, 0) is 29.7 Å². The summed E-state index contributed by atoms with van der Waals surface area (Å²) < 4.78 is 0.855. The smallest absolute Gasteiger partial charge is 0.257 e. The van der Waals surface area contributed by atoms with Gasteiger partial charge in [0.05, 0.1) is 5.75 Å². The van der Waals surface area contributed by atoms with Crippen LogP contribution in [0.1, 0.15) is 40.2 Å². The molecule has 160 valence electrons. The van der Waals surface area contributed by atoms with E-state index < -0.39 is 0 Å². The molecule has 0 radical (unpaired) electrons. The third-order valence-corrected chi connectivity index (χ3v) is 8.11. The van der Waals surface area contributed by atoms with Gasteiger partial charge < -0.3 is 4.90 Å². The highest BCUT2D eigenvalue weighted by Gasteiger charge is 2.32. The molecule has 2 amide bonds. The molecule has 3 aromatic rings. The summed E-state index contributed by atoms with van der Waals surface area (Å²) in [5.41, 5.74) is 2.66. The van der Waals surface area contributed by atoms with Gasteiger partial charge in [-0.15, -0.1) is 22.0 Å². The van der Waals surface area contributed by atoms with Crippen LogP contribution in [0.25, 0.3) is 0 Å². The summed E-state index contributed by atoms with van der Waals surface area (Å²) in [6.07, 6.45) is 1.06. The highest BCUT2D eigenvalue weighted by Crippen LogP contribution is 2.39. The predicted molar refractivity (Wildman–Crippen MR) is 128 cm³/mol. The number of rotatable bonds is 8. The second kappa shape index (κ2) is 10.3. The van der Waals surface area contributed by atoms with Crippen LogP contribution in [0.15, 0.2) is 58.9 Å². The molecule has 0 saturated carbocycles. The fourth-order valence-electron chi connectivity index (χ4n) is 3.16. The second-order valence-electron chi connectivity index (χ2n) is 6.97. The molecule has 9 heteroatoms. The molecule has 1 fully saturated rings. The average molecular weight is 471 g/mol. The molecule has 1 aromatic heterocycles. The van der Waals surface area contributed by atoms with Gasteiger partial charge in [0.1, 0.15) is 5.37 Å². The normalized spacial score (nSPS) is 16.0. The summed E-state index contributed by atoms with van der Waals surface area (Å²) in [5.74, 6) is 1.36. The van der Waals surface area contributed by atoms with Crippen LogP contribution in [0.5, 0.6) is 0 Å². The van der Waals surface area contributed by atoms with Crippen LogP contribution in [-0.4, -0.2) is 38.4 Å². The largest absolute Gasteiger partial charge is 0.322 e. The van der Waals surface area contributed by atoms with Crippen LogP contribution in [0.3, 0.4) is 0 Å². The molecule has 1 aliphatic rings. The maximum atomic E-state index is 12.6. The molecule has 1 atom stereocenters. The summed E-state index contributed by atoms with van der Waals surface area (Å²) in [4.78, 5) is 26.9. The molecule has 0 unspecified atom stereocenters. The van der Waals surface area contributed by atoms with Crippen molar-refractivity contribution < 1.29 is 9.59 Å². The van der Waals surface area contributed by atoms with Gasteiger partial charge in [0, 0.05) is 17.9 Å². The number of hydrogen-bond acceptors (Lipinski definition) is 7. The van der Waals surface area contributed by atoms with E-state index in [4.69, 9.17) is 0 Å². The zero-order valence-electron chi connectivity index (χ0n) is 17.0. The Hall–Kier alpha value is -2.36. The van der Waals surface area contributed by atoms with E-state index in [0.29, 0.717) is 23.0 Å². The van der Waals surface area contributed by atoms with E-state index in [9.17, 15) is 9.59 Å².